The van der Waals surface area contributed by atoms with Crippen molar-refractivity contribution in [1.29, 1.82) is 5.26 Å². The van der Waals surface area contributed by atoms with Crippen LogP contribution in [-0.4, -0.2) is 38.9 Å². The van der Waals surface area contributed by atoms with Gasteiger partial charge in [-0.2, -0.15) is 22.7 Å². The van der Waals surface area contributed by atoms with Gasteiger partial charge >= 0.3 is 6.18 Å². The van der Waals surface area contributed by atoms with E-state index >= 15 is 0 Å². The minimum atomic E-state index is -4.70. The lowest BCUT2D eigenvalue weighted by atomic mass is 10.1. The second-order valence-corrected chi connectivity index (χ2v) is 7.22. The van der Waals surface area contributed by atoms with Crippen molar-refractivity contribution in [3.05, 3.63) is 29.3 Å². The van der Waals surface area contributed by atoms with Crippen LogP contribution in [0.5, 0.6) is 0 Å². The Morgan fingerprint density at radius 2 is 1.88 bits per heavy atom. The SMILES string of the molecule is CNC1CCN(S(=O)(=O)c2ccc(C(F)(F)F)c(C#N)c2)CC1.Cl. The molecule has 0 bridgehead atoms. The van der Waals surface area contributed by atoms with Crippen molar-refractivity contribution in [2.45, 2.75) is 30.0 Å². The molecular formula is C14H17ClF3N3O2S. The van der Waals surface area contributed by atoms with E-state index in [0.717, 1.165) is 12.1 Å². The molecule has 0 atom stereocenters. The van der Waals surface area contributed by atoms with Crippen LogP contribution in [0.4, 0.5) is 13.2 Å². The smallest absolute Gasteiger partial charge is 0.317 e. The Morgan fingerprint density at radius 3 is 2.33 bits per heavy atom. The van der Waals surface area contributed by atoms with Gasteiger partial charge in [0.25, 0.3) is 0 Å². The summed E-state index contributed by atoms with van der Waals surface area (Å²) in [5.74, 6) is 0. The molecule has 1 aromatic carbocycles. The molecule has 10 heteroatoms. The lowest BCUT2D eigenvalue weighted by Gasteiger charge is -2.31. The van der Waals surface area contributed by atoms with Gasteiger partial charge in [-0.1, -0.05) is 0 Å². The number of nitriles is 1. The number of nitrogens with one attached hydrogen (secondary N) is 1. The number of nitrogens with zero attached hydrogens (tertiary/aromatic N) is 2. The van der Waals surface area contributed by atoms with E-state index in [1.165, 1.54) is 10.4 Å². The van der Waals surface area contributed by atoms with E-state index in [1.54, 1.807) is 7.05 Å². The fraction of sp³-hybridized carbons (Fsp3) is 0.500. The van der Waals surface area contributed by atoms with Crippen LogP contribution in [0.2, 0.25) is 0 Å². The van der Waals surface area contributed by atoms with Gasteiger partial charge in [0.15, 0.2) is 0 Å². The zero-order valence-electron chi connectivity index (χ0n) is 12.8. The predicted octanol–water partition coefficient (Wildman–Crippen LogP) is 2.37. The Labute approximate surface area is 144 Å². The Kier molecular flexibility index (Phi) is 6.64. The summed E-state index contributed by atoms with van der Waals surface area (Å²) in [6, 6.07) is 3.99. The number of hydrogen-bond donors (Lipinski definition) is 1. The Hall–Kier alpha value is -1.34. The summed E-state index contributed by atoms with van der Waals surface area (Å²) < 4.78 is 64.6. The van der Waals surface area contributed by atoms with Crippen LogP contribution in [-0.2, 0) is 16.2 Å². The lowest BCUT2D eigenvalue weighted by molar-refractivity contribution is -0.137. The van der Waals surface area contributed by atoms with Crippen LogP contribution in [0.25, 0.3) is 0 Å². The standard InChI is InChI=1S/C14H16F3N3O2S.ClH/c1-19-11-4-6-20(7-5-11)23(21,22)12-2-3-13(14(15,16)17)10(8-12)9-18;/h2-3,8,11,19H,4-7H2,1H3;1H. The van der Waals surface area contributed by atoms with Gasteiger partial charge in [-0.05, 0) is 38.1 Å². The van der Waals surface area contributed by atoms with E-state index in [4.69, 9.17) is 5.26 Å². The maximum atomic E-state index is 12.8. The molecule has 1 aliphatic heterocycles. The molecule has 5 nitrogen and oxygen atoms in total. The highest BCUT2D eigenvalue weighted by atomic mass is 35.5. The Morgan fingerprint density at radius 1 is 1.29 bits per heavy atom. The molecule has 24 heavy (non-hydrogen) atoms. The van der Waals surface area contributed by atoms with Crippen LogP contribution >= 0.6 is 12.4 Å². The molecule has 0 spiro atoms. The minimum Gasteiger partial charge on any atom is -0.317 e. The molecule has 0 aromatic heterocycles. The number of alkyl halides is 3. The molecule has 0 radical (unpaired) electrons. The Balaban J connectivity index is 0.00000288. The average Bonchev–Trinajstić information content (AvgIpc) is 2.53. The maximum absolute atomic E-state index is 12.8. The summed E-state index contributed by atoms with van der Waals surface area (Å²) in [4.78, 5) is -0.287. The van der Waals surface area contributed by atoms with Gasteiger partial charge in [0.05, 0.1) is 22.1 Å². The summed E-state index contributed by atoms with van der Waals surface area (Å²) in [6.07, 6.45) is -3.44. The first-order valence-electron chi connectivity index (χ1n) is 6.99. The van der Waals surface area contributed by atoms with Crippen LogP contribution in [0.15, 0.2) is 23.1 Å². The van der Waals surface area contributed by atoms with Crippen molar-refractivity contribution in [2.75, 3.05) is 20.1 Å². The van der Waals surface area contributed by atoms with E-state index in [9.17, 15) is 21.6 Å². The quantitative estimate of drug-likeness (QED) is 0.869. The largest absolute Gasteiger partial charge is 0.417 e. The molecule has 1 aromatic rings. The van der Waals surface area contributed by atoms with Gasteiger partial charge in [-0.15, -0.1) is 12.4 Å². The summed E-state index contributed by atoms with van der Waals surface area (Å²) in [5.41, 5.74) is -1.82. The third-order valence-corrected chi connectivity index (χ3v) is 5.81. The van der Waals surface area contributed by atoms with E-state index in [2.05, 4.69) is 5.32 Å². The number of piperidine rings is 1. The van der Waals surface area contributed by atoms with Gasteiger partial charge in [0.1, 0.15) is 0 Å². The highest BCUT2D eigenvalue weighted by Gasteiger charge is 2.35. The second kappa shape index (κ2) is 7.70. The number of hydrogen-bond acceptors (Lipinski definition) is 4. The third kappa shape index (κ3) is 4.19. The highest BCUT2D eigenvalue weighted by Crippen LogP contribution is 2.33. The van der Waals surface area contributed by atoms with Crippen molar-refractivity contribution < 1.29 is 21.6 Å². The average molecular weight is 384 g/mol. The third-order valence-electron chi connectivity index (χ3n) is 3.92. The van der Waals surface area contributed by atoms with E-state index < -0.39 is 27.3 Å². The van der Waals surface area contributed by atoms with Crippen molar-refractivity contribution in [1.82, 2.24) is 9.62 Å². The monoisotopic (exact) mass is 383 g/mol. The molecule has 0 saturated carbocycles. The summed E-state index contributed by atoms with van der Waals surface area (Å²) in [5, 5.41) is 12.0. The first-order chi connectivity index (χ1) is 10.7. The molecule has 0 amide bonds. The number of benzene rings is 1. The van der Waals surface area contributed by atoms with Gasteiger partial charge < -0.3 is 5.32 Å². The van der Waals surface area contributed by atoms with Crippen LogP contribution in [0, 0.1) is 11.3 Å². The number of halogens is 4. The minimum absolute atomic E-state index is 0. The van der Waals surface area contributed by atoms with Crippen molar-refractivity contribution >= 4 is 22.4 Å². The zero-order chi connectivity index (χ0) is 17.3. The molecule has 1 aliphatic rings. The van der Waals surface area contributed by atoms with Crippen LogP contribution < -0.4 is 5.32 Å². The molecule has 0 unspecified atom stereocenters. The van der Waals surface area contributed by atoms with Crippen molar-refractivity contribution in [2.24, 2.45) is 0 Å². The van der Waals surface area contributed by atoms with Gasteiger partial charge in [0.2, 0.25) is 10.0 Å². The Bertz CT molecular complexity index is 724. The molecule has 1 fully saturated rings. The van der Waals surface area contributed by atoms with E-state index in [0.29, 0.717) is 18.9 Å². The second-order valence-electron chi connectivity index (χ2n) is 5.28. The van der Waals surface area contributed by atoms with E-state index in [-0.39, 0.29) is 36.4 Å². The van der Waals surface area contributed by atoms with Crippen LogP contribution in [0.1, 0.15) is 24.0 Å². The first-order valence-corrected chi connectivity index (χ1v) is 8.43. The summed E-state index contributed by atoms with van der Waals surface area (Å²) in [6.45, 7) is 0.577. The normalized spacial score (nSPS) is 17.1. The fourth-order valence-corrected chi connectivity index (χ4v) is 4.05. The molecule has 1 heterocycles. The molecule has 2 rings (SSSR count). The molecular weight excluding hydrogens is 367 g/mol. The summed E-state index contributed by atoms with van der Waals surface area (Å²) >= 11 is 0. The first kappa shape index (κ1) is 20.7. The summed E-state index contributed by atoms with van der Waals surface area (Å²) in [7, 11) is -2.11. The van der Waals surface area contributed by atoms with Crippen molar-refractivity contribution in [3.8, 4) is 6.07 Å². The maximum Gasteiger partial charge on any atom is 0.417 e. The number of rotatable bonds is 3. The molecule has 1 N–H and O–H groups in total. The molecule has 134 valence electrons. The predicted molar refractivity (Wildman–Crippen MR) is 84.2 cm³/mol. The molecule has 0 aliphatic carbocycles. The van der Waals surface area contributed by atoms with Gasteiger partial charge in [0, 0.05) is 19.1 Å². The van der Waals surface area contributed by atoms with Gasteiger partial charge in [-0.3, -0.25) is 0 Å². The highest BCUT2D eigenvalue weighted by molar-refractivity contribution is 7.89. The fourth-order valence-electron chi connectivity index (χ4n) is 2.56. The topological polar surface area (TPSA) is 73.2 Å². The zero-order valence-corrected chi connectivity index (χ0v) is 14.4. The lowest BCUT2D eigenvalue weighted by Crippen LogP contribution is -2.43. The van der Waals surface area contributed by atoms with Crippen LogP contribution in [0.3, 0.4) is 0 Å². The molecule has 1 saturated heterocycles. The number of sulfonamides is 1. The van der Waals surface area contributed by atoms with Crippen molar-refractivity contribution in [3.63, 3.8) is 0 Å². The van der Waals surface area contributed by atoms with E-state index in [1.807, 2.05) is 0 Å². The van der Waals surface area contributed by atoms with Gasteiger partial charge in [-0.25, -0.2) is 8.42 Å².